The topological polar surface area (TPSA) is 30.0 Å². The van der Waals surface area contributed by atoms with Crippen LogP contribution in [0.3, 0.4) is 0 Å². The van der Waals surface area contributed by atoms with Gasteiger partial charge in [-0.05, 0) is 6.07 Å². The first kappa shape index (κ1) is 11.3. The molecule has 0 amide bonds. The summed E-state index contributed by atoms with van der Waals surface area (Å²) < 4.78 is 39.3. The minimum atomic E-state index is -1.09. The van der Waals surface area contributed by atoms with E-state index >= 15 is 0 Å². The smallest absolute Gasteiger partial charge is 0.213 e. The largest absolute Gasteiger partial charge is 0.298 e. The molecule has 17 heavy (non-hydrogen) atoms. The minimum Gasteiger partial charge on any atom is -0.298 e. The van der Waals surface area contributed by atoms with Gasteiger partial charge in [0.1, 0.15) is 0 Å². The predicted octanol–water partition coefficient (Wildman–Crippen LogP) is 2.98. The molecule has 2 rings (SSSR count). The van der Waals surface area contributed by atoms with Crippen molar-refractivity contribution in [3.63, 3.8) is 0 Å². The Morgan fingerprint density at radius 2 is 1.88 bits per heavy atom. The van der Waals surface area contributed by atoms with E-state index in [0.29, 0.717) is 6.29 Å². The van der Waals surface area contributed by atoms with E-state index in [1.807, 2.05) is 0 Å². The number of benzene rings is 1. The molecule has 1 aromatic heterocycles. The van der Waals surface area contributed by atoms with Crippen molar-refractivity contribution in [1.29, 1.82) is 0 Å². The molecule has 0 saturated carbocycles. The van der Waals surface area contributed by atoms with Crippen molar-refractivity contribution < 1.29 is 18.0 Å². The Balaban J connectivity index is 2.68. The molecule has 1 aromatic carbocycles. The molecule has 0 unspecified atom stereocenters. The summed E-state index contributed by atoms with van der Waals surface area (Å²) in [5.74, 6) is -2.99. The summed E-state index contributed by atoms with van der Waals surface area (Å²) in [7, 11) is 0. The molecule has 1 heterocycles. The van der Waals surface area contributed by atoms with E-state index in [1.165, 1.54) is 12.1 Å². The molecule has 2 nitrogen and oxygen atoms in total. The number of aldehydes is 1. The van der Waals surface area contributed by atoms with Crippen LogP contribution in [0.15, 0.2) is 30.5 Å². The van der Waals surface area contributed by atoms with E-state index in [-0.39, 0.29) is 16.7 Å². The van der Waals surface area contributed by atoms with Crippen LogP contribution >= 0.6 is 0 Å². The van der Waals surface area contributed by atoms with Crippen molar-refractivity contribution in [2.75, 3.05) is 0 Å². The van der Waals surface area contributed by atoms with Gasteiger partial charge < -0.3 is 0 Å². The standard InChI is InChI=1S/C12H6F3NO/c13-10-3-1-2-8(12(10)15)9-5-16-11(14)4-7(9)6-17/h1-6H. The van der Waals surface area contributed by atoms with E-state index < -0.39 is 17.6 Å². The fourth-order valence-electron chi connectivity index (χ4n) is 1.48. The number of aromatic nitrogens is 1. The zero-order valence-corrected chi connectivity index (χ0v) is 8.45. The summed E-state index contributed by atoms with van der Waals surface area (Å²) in [6.07, 6.45) is 1.36. The molecule has 0 N–H and O–H groups in total. The van der Waals surface area contributed by atoms with Crippen molar-refractivity contribution in [3.8, 4) is 11.1 Å². The molecule has 0 bridgehead atoms. The number of nitrogens with zero attached hydrogens (tertiary/aromatic N) is 1. The highest BCUT2D eigenvalue weighted by molar-refractivity contribution is 5.87. The van der Waals surface area contributed by atoms with Crippen molar-refractivity contribution in [3.05, 3.63) is 53.6 Å². The molecule has 2 aromatic rings. The maximum absolute atomic E-state index is 13.5. The molecule has 0 atom stereocenters. The van der Waals surface area contributed by atoms with E-state index in [0.717, 1.165) is 18.3 Å². The Morgan fingerprint density at radius 3 is 2.59 bits per heavy atom. The van der Waals surface area contributed by atoms with Crippen LogP contribution < -0.4 is 0 Å². The molecule has 0 aliphatic carbocycles. The van der Waals surface area contributed by atoms with Gasteiger partial charge in [-0.25, -0.2) is 13.8 Å². The van der Waals surface area contributed by atoms with Gasteiger partial charge in [0.05, 0.1) is 0 Å². The second-order valence-corrected chi connectivity index (χ2v) is 3.31. The van der Waals surface area contributed by atoms with E-state index in [2.05, 4.69) is 4.98 Å². The van der Waals surface area contributed by atoms with Crippen LogP contribution in [0.4, 0.5) is 13.2 Å². The summed E-state index contributed by atoms with van der Waals surface area (Å²) in [6, 6.07) is 4.41. The van der Waals surface area contributed by atoms with Gasteiger partial charge in [-0.3, -0.25) is 4.79 Å². The van der Waals surface area contributed by atoms with E-state index in [1.54, 1.807) is 0 Å². The van der Waals surface area contributed by atoms with Crippen LogP contribution in [0.25, 0.3) is 11.1 Å². The van der Waals surface area contributed by atoms with Crippen molar-refractivity contribution in [1.82, 2.24) is 4.98 Å². The van der Waals surface area contributed by atoms with Crippen molar-refractivity contribution in [2.45, 2.75) is 0 Å². The molecular weight excluding hydrogens is 231 g/mol. The summed E-state index contributed by atoms with van der Waals surface area (Å²) in [5.41, 5.74) is -0.153. The summed E-state index contributed by atoms with van der Waals surface area (Å²) in [4.78, 5) is 14.1. The van der Waals surface area contributed by atoms with Crippen LogP contribution in [0.2, 0.25) is 0 Å². The third-order valence-electron chi connectivity index (χ3n) is 2.27. The molecule has 0 saturated heterocycles. The molecule has 0 fully saturated rings. The number of carbonyl (C=O) groups is 1. The lowest BCUT2D eigenvalue weighted by Gasteiger charge is -2.06. The average Bonchev–Trinajstić information content (AvgIpc) is 2.33. The van der Waals surface area contributed by atoms with Crippen LogP contribution in [-0.2, 0) is 0 Å². The van der Waals surface area contributed by atoms with E-state index in [9.17, 15) is 18.0 Å². The summed E-state index contributed by atoms with van der Waals surface area (Å²) >= 11 is 0. The second-order valence-electron chi connectivity index (χ2n) is 3.31. The van der Waals surface area contributed by atoms with Crippen molar-refractivity contribution >= 4 is 6.29 Å². The lowest BCUT2D eigenvalue weighted by atomic mass is 10.0. The monoisotopic (exact) mass is 237 g/mol. The normalized spacial score (nSPS) is 10.3. The molecule has 0 aliphatic rings. The maximum Gasteiger partial charge on any atom is 0.213 e. The minimum absolute atomic E-state index is 0.0541. The first-order valence-electron chi connectivity index (χ1n) is 4.68. The number of halogens is 3. The van der Waals surface area contributed by atoms with Gasteiger partial charge >= 0.3 is 0 Å². The Kier molecular flexibility index (Phi) is 2.91. The third kappa shape index (κ3) is 2.04. The first-order valence-corrected chi connectivity index (χ1v) is 4.68. The van der Waals surface area contributed by atoms with Crippen molar-refractivity contribution in [2.24, 2.45) is 0 Å². The van der Waals surface area contributed by atoms with Gasteiger partial charge in [0.15, 0.2) is 17.9 Å². The van der Waals surface area contributed by atoms with Gasteiger partial charge in [0.2, 0.25) is 5.95 Å². The highest BCUT2D eigenvalue weighted by Crippen LogP contribution is 2.26. The lowest BCUT2D eigenvalue weighted by Crippen LogP contribution is -1.96. The number of hydrogen-bond acceptors (Lipinski definition) is 2. The van der Waals surface area contributed by atoms with E-state index in [4.69, 9.17) is 0 Å². The third-order valence-corrected chi connectivity index (χ3v) is 2.27. The van der Waals surface area contributed by atoms with Crippen LogP contribution in [-0.4, -0.2) is 11.3 Å². The highest BCUT2D eigenvalue weighted by Gasteiger charge is 2.14. The quantitative estimate of drug-likeness (QED) is 0.593. The maximum atomic E-state index is 13.5. The second kappa shape index (κ2) is 4.37. The molecule has 0 aliphatic heterocycles. The lowest BCUT2D eigenvalue weighted by molar-refractivity contribution is 0.112. The molecule has 86 valence electrons. The number of carbonyl (C=O) groups excluding carboxylic acids is 1. The Hall–Kier alpha value is -2.17. The summed E-state index contributed by atoms with van der Waals surface area (Å²) in [5, 5.41) is 0. The molecule has 0 spiro atoms. The summed E-state index contributed by atoms with van der Waals surface area (Å²) in [6.45, 7) is 0. The van der Waals surface area contributed by atoms with Gasteiger partial charge in [-0.1, -0.05) is 12.1 Å². The van der Waals surface area contributed by atoms with Gasteiger partial charge in [0, 0.05) is 29.0 Å². The molecule has 5 heteroatoms. The highest BCUT2D eigenvalue weighted by atomic mass is 19.2. The SMILES string of the molecule is O=Cc1cc(F)ncc1-c1cccc(F)c1F. The fourth-order valence-corrected chi connectivity index (χ4v) is 1.48. The first-order chi connectivity index (χ1) is 8.13. The fraction of sp³-hybridized carbons (Fsp3) is 0. The van der Waals surface area contributed by atoms with Gasteiger partial charge in [-0.15, -0.1) is 0 Å². The Morgan fingerprint density at radius 1 is 1.12 bits per heavy atom. The predicted molar refractivity (Wildman–Crippen MR) is 54.9 cm³/mol. The van der Waals surface area contributed by atoms with Gasteiger partial charge in [-0.2, -0.15) is 4.39 Å². The molecule has 0 radical (unpaired) electrons. The van der Waals surface area contributed by atoms with Crippen LogP contribution in [0, 0.1) is 17.6 Å². The van der Waals surface area contributed by atoms with Crippen LogP contribution in [0.1, 0.15) is 10.4 Å². The average molecular weight is 237 g/mol. The Labute approximate surface area is 94.7 Å². The number of rotatable bonds is 2. The van der Waals surface area contributed by atoms with Crippen LogP contribution in [0.5, 0.6) is 0 Å². The number of pyridine rings is 1. The Bertz CT molecular complexity index is 584. The molecular formula is C12H6F3NO. The zero-order chi connectivity index (χ0) is 12.4. The van der Waals surface area contributed by atoms with Gasteiger partial charge in [0.25, 0.3) is 0 Å². The zero-order valence-electron chi connectivity index (χ0n) is 8.45. The number of hydrogen-bond donors (Lipinski definition) is 0.